The average Bonchev–Trinajstić information content (AvgIpc) is 2.43. The van der Waals surface area contributed by atoms with E-state index >= 15 is 0 Å². The first-order valence-electron chi connectivity index (χ1n) is 4.84. The third-order valence-corrected chi connectivity index (χ3v) is 3.37. The molecule has 0 aromatic heterocycles. The van der Waals surface area contributed by atoms with Crippen LogP contribution in [0, 0.1) is 0 Å². The maximum Gasteiger partial charge on any atom is 0.249 e. The molecular weight excluding hydrogens is 280 g/mol. The minimum atomic E-state index is -0.833. The largest absolute Gasteiger partial charge is 0.295 e. The molecule has 6 nitrogen and oxygen atoms in total. The lowest BCUT2D eigenvalue weighted by Crippen LogP contribution is -2.54. The molecule has 0 radical (unpaired) electrons. The van der Waals surface area contributed by atoms with Crippen LogP contribution in [0.1, 0.15) is 19.3 Å². The Morgan fingerprint density at radius 3 is 2.44 bits per heavy atom. The third kappa shape index (κ3) is 1.75. The van der Waals surface area contributed by atoms with Crippen LogP contribution in [-0.2, 0) is 19.2 Å². The molecule has 7 heteroatoms. The third-order valence-electron chi connectivity index (χ3n) is 2.65. The van der Waals surface area contributed by atoms with Gasteiger partial charge in [-0.2, -0.15) is 0 Å². The van der Waals surface area contributed by atoms with Crippen molar-refractivity contribution in [1.29, 1.82) is 0 Å². The normalized spacial score (nSPS) is 30.9. The Balaban J connectivity index is 2.19. The van der Waals surface area contributed by atoms with Gasteiger partial charge in [0, 0.05) is 12.8 Å². The molecule has 2 rings (SSSR count). The number of hydrogen-bond donors (Lipinski definition) is 1. The van der Waals surface area contributed by atoms with Crippen molar-refractivity contribution in [2.24, 2.45) is 0 Å². The fraction of sp³-hybridized carbons (Fsp3) is 0.556. The molecule has 0 bridgehead atoms. The van der Waals surface area contributed by atoms with Gasteiger partial charge in [0.25, 0.3) is 0 Å². The summed E-state index contributed by atoms with van der Waals surface area (Å²) in [5.74, 6) is -1.71. The van der Waals surface area contributed by atoms with Gasteiger partial charge < -0.3 is 0 Å². The zero-order valence-corrected chi connectivity index (χ0v) is 9.82. The van der Waals surface area contributed by atoms with E-state index in [1.165, 1.54) is 0 Å². The zero-order valence-electron chi connectivity index (χ0n) is 8.23. The van der Waals surface area contributed by atoms with Crippen molar-refractivity contribution in [3.05, 3.63) is 0 Å². The Kier molecular flexibility index (Phi) is 2.79. The summed E-state index contributed by atoms with van der Waals surface area (Å²) in [5.41, 5.74) is 0. The lowest BCUT2D eigenvalue weighted by atomic mass is 10.0. The van der Waals surface area contributed by atoms with E-state index in [9.17, 15) is 19.2 Å². The Morgan fingerprint density at radius 2 is 1.94 bits per heavy atom. The SMILES string of the molecule is O=C1CCC(N2C(=O)CC(Br)C2=O)C(=O)N1. The number of nitrogens with zero attached hydrogens (tertiary/aromatic N) is 1. The Hall–Kier alpha value is -1.24. The molecule has 2 saturated heterocycles. The molecule has 4 amide bonds. The van der Waals surface area contributed by atoms with E-state index in [-0.39, 0.29) is 31.1 Å². The summed E-state index contributed by atoms with van der Waals surface area (Å²) < 4.78 is 0. The van der Waals surface area contributed by atoms with Gasteiger partial charge in [-0.1, -0.05) is 15.9 Å². The topological polar surface area (TPSA) is 83.6 Å². The number of imide groups is 2. The molecule has 0 saturated carbocycles. The van der Waals surface area contributed by atoms with Gasteiger partial charge in [0.2, 0.25) is 23.6 Å². The molecular formula is C9H9BrN2O4. The Morgan fingerprint density at radius 1 is 1.25 bits per heavy atom. The molecule has 0 aromatic carbocycles. The molecule has 2 atom stereocenters. The van der Waals surface area contributed by atoms with Crippen LogP contribution < -0.4 is 5.32 Å². The monoisotopic (exact) mass is 288 g/mol. The van der Waals surface area contributed by atoms with Crippen molar-refractivity contribution in [3.63, 3.8) is 0 Å². The average molecular weight is 289 g/mol. The fourth-order valence-corrected chi connectivity index (χ4v) is 2.37. The summed E-state index contributed by atoms with van der Waals surface area (Å²) in [7, 11) is 0. The second kappa shape index (κ2) is 3.97. The van der Waals surface area contributed by atoms with Crippen LogP contribution in [0.25, 0.3) is 0 Å². The number of likely N-dealkylation sites (tertiary alicyclic amines) is 1. The summed E-state index contributed by atoms with van der Waals surface area (Å²) in [6.45, 7) is 0. The quantitative estimate of drug-likeness (QED) is 0.512. The Bertz CT molecular complexity index is 395. The molecule has 2 fully saturated rings. The number of piperidine rings is 1. The van der Waals surface area contributed by atoms with Gasteiger partial charge in [-0.3, -0.25) is 29.4 Å². The fourth-order valence-electron chi connectivity index (χ4n) is 1.87. The molecule has 2 unspecified atom stereocenters. The van der Waals surface area contributed by atoms with Crippen molar-refractivity contribution < 1.29 is 19.2 Å². The molecule has 0 aliphatic carbocycles. The Labute approximate surface area is 99.5 Å². The van der Waals surface area contributed by atoms with Crippen molar-refractivity contribution in [1.82, 2.24) is 10.2 Å². The highest BCUT2D eigenvalue weighted by atomic mass is 79.9. The first-order chi connectivity index (χ1) is 7.50. The number of alkyl halides is 1. The maximum atomic E-state index is 11.6. The number of amides is 4. The van der Waals surface area contributed by atoms with Crippen LogP contribution in [-0.4, -0.2) is 39.4 Å². The molecule has 0 spiro atoms. The van der Waals surface area contributed by atoms with Gasteiger partial charge in [0.15, 0.2) is 0 Å². The molecule has 2 aliphatic rings. The molecule has 1 N–H and O–H groups in total. The van der Waals surface area contributed by atoms with Crippen LogP contribution in [0.15, 0.2) is 0 Å². The van der Waals surface area contributed by atoms with Crippen LogP contribution in [0.2, 0.25) is 0 Å². The predicted molar refractivity (Wildman–Crippen MR) is 55.4 cm³/mol. The lowest BCUT2D eigenvalue weighted by Gasteiger charge is -2.27. The lowest BCUT2D eigenvalue weighted by molar-refractivity contribution is -0.150. The predicted octanol–water partition coefficient (Wildman–Crippen LogP) is -0.686. The second-order valence-corrected chi connectivity index (χ2v) is 4.85. The summed E-state index contributed by atoms with van der Waals surface area (Å²) in [6, 6.07) is -0.833. The number of rotatable bonds is 1. The van der Waals surface area contributed by atoms with Gasteiger partial charge in [-0.15, -0.1) is 0 Å². The number of carbonyl (C=O) groups excluding carboxylic acids is 4. The van der Waals surface area contributed by atoms with E-state index < -0.39 is 22.7 Å². The van der Waals surface area contributed by atoms with E-state index in [1.807, 2.05) is 0 Å². The number of hydrogen-bond acceptors (Lipinski definition) is 4. The summed E-state index contributed by atoms with van der Waals surface area (Å²) >= 11 is 3.07. The van der Waals surface area contributed by atoms with Gasteiger partial charge in [0.05, 0.1) is 0 Å². The van der Waals surface area contributed by atoms with E-state index in [1.54, 1.807) is 0 Å². The van der Waals surface area contributed by atoms with Gasteiger partial charge >= 0.3 is 0 Å². The van der Waals surface area contributed by atoms with Crippen LogP contribution in [0.4, 0.5) is 0 Å². The van der Waals surface area contributed by atoms with Crippen molar-refractivity contribution >= 4 is 39.6 Å². The first-order valence-corrected chi connectivity index (χ1v) is 5.76. The van der Waals surface area contributed by atoms with Crippen LogP contribution in [0.3, 0.4) is 0 Å². The summed E-state index contributed by atoms with van der Waals surface area (Å²) in [6.07, 6.45) is 0.429. The zero-order chi connectivity index (χ0) is 11.9. The molecule has 2 aliphatic heterocycles. The number of nitrogens with one attached hydrogen (secondary N) is 1. The van der Waals surface area contributed by atoms with E-state index in [0.29, 0.717) is 0 Å². The smallest absolute Gasteiger partial charge is 0.249 e. The van der Waals surface area contributed by atoms with E-state index in [0.717, 1.165) is 4.90 Å². The molecule has 86 valence electrons. The van der Waals surface area contributed by atoms with Crippen molar-refractivity contribution in [2.75, 3.05) is 0 Å². The van der Waals surface area contributed by atoms with E-state index in [4.69, 9.17) is 0 Å². The first kappa shape index (κ1) is 11.3. The minimum absolute atomic E-state index is 0.0660. The standard InChI is InChI=1S/C9H9BrN2O4/c10-4-3-7(14)12(9(4)16)5-1-2-6(13)11-8(5)15/h4-5H,1-3H2,(H,11,13,15). The summed E-state index contributed by atoms with van der Waals surface area (Å²) in [5, 5.41) is 2.12. The highest BCUT2D eigenvalue weighted by Gasteiger charge is 2.45. The molecule has 2 heterocycles. The highest BCUT2D eigenvalue weighted by molar-refractivity contribution is 9.10. The molecule has 16 heavy (non-hydrogen) atoms. The van der Waals surface area contributed by atoms with Crippen molar-refractivity contribution in [3.8, 4) is 0 Å². The van der Waals surface area contributed by atoms with Crippen molar-refractivity contribution in [2.45, 2.75) is 30.1 Å². The van der Waals surface area contributed by atoms with Gasteiger partial charge in [-0.25, -0.2) is 0 Å². The highest BCUT2D eigenvalue weighted by Crippen LogP contribution is 2.25. The molecule has 0 aromatic rings. The maximum absolute atomic E-state index is 11.6. The van der Waals surface area contributed by atoms with Gasteiger partial charge in [-0.05, 0) is 6.42 Å². The number of halogens is 1. The number of carbonyl (C=O) groups is 4. The summed E-state index contributed by atoms with van der Waals surface area (Å²) in [4.78, 5) is 46.0. The van der Waals surface area contributed by atoms with Crippen LogP contribution >= 0.6 is 15.9 Å². The second-order valence-electron chi connectivity index (χ2n) is 3.74. The van der Waals surface area contributed by atoms with Crippen LogP contribution in [0.5, 0.6) is 0 Å². The minimum Gasteiger partial charge on any atom is -0.295 e. The van der Waals surface area contributed by atoms with Gasteiger partial charge in [0.1, 0.15) is 10.9 Å². The van der Waals surface area contributed by atoms with E-state index in [2.05, 4.69) is 21.2 Å².